The van der Waals surface area contributed by atoms with Crippen LogP contribution in [0.4, 0.5) is 0 Å². The summed E-state index contributed by atoms with van der Waals surface area (Å²) in [5.41, 5.74) is 1.35. The average molecular weight is 209 g/mol. The van der Waals surface area contributed by atoms with Crippen LogP contribution in [0, 0.1) is 0 Å². The van der Waals surface area contributed by atoms with E-state index in [1.807, 2.05) is 16.2 Å². The number of thiophene rings is 1. The molecule has 1 aromatic heterocycles. The summed E-state index contributed by atoms with van der Waals surface area (Å²) in [6.45, 7) is 3.79. The van der Waals surface area contributed by atoms with Crippen LogP contribution >= 0.6 is 11.3 Å². The van der Waals surface area contributed by atoms with Crippen LogP contribution in [0.3, 0.4) is 0 Å². The van der Waals surface area contributed by atoms with Crippen molar-refractivity contribution in [3.8, 4) is 0 Å². The number of hydrogen-bond donors (Lipinski definition) is 0. The van der Waals surface area contributed by atoms with E-state index in [0.717, 1.165) is 25.9 Å². The van der Waals surface area contributed by atoms with Crippen LogP contribution in [0.15, 0.2) is 11.4 Å². The van der Waals surface area contributed by atoms with Gasteiger partial charge in [0.05, 0.1) is 0 Å². The first-order valence-electron chi connectivity index (χ1n) is 5.14. The molecule has 1 aliphatic heterocycles. The average Bonchev–Trinajstić information content (AvgIpc) is 2.64. The van der Waals surface area contributed by atoms with Gasteiger partial charge in [-0.15, -0.1) is 11.3 Å². The van der Waals surface area contributed by atoms with Crippen molar-refractivity contribution >= 4 is 17.2 Å². The molecular formula is C11H15NOS. The molecule has 0 fully saturated rings. The fourth-order valence-corrected chi connectivity index (χ4v) is 2.72. The Morgan fingerprint density at radius 2 is 2.50 bits per heavy atom. The van der Waals surface area contributed by atoms with Gasteiger partial charge in [-0.25, -0.2) is 0 Å². The van der Waals surface area contributed by atoms with E-state index >= 15 is 0 Å². The number of carbonyl (C=O) groups is 1. The Hall–Kier alpha value is -0.830. The van der Waals surface area contributed by atoms with E-state index in [4.69, 9.17) is 0 Å². The van der Waals surface area contributed by atoms with Gasteiger partial charge < -0.3 is 4.90 Å². The van der Waals surface area contributed by atoms with Crippen molar-refractivity contribution in [2.24, 2.45) is 0 Å². The summed E-state index contributed by atoms with van der Waals surface area (Å²) in [5, 5.41) is 2.12. The molecule has 0 aromatic carbocycles. The molecule has 0 radical (unpaired) electrons. The number of amides is 1. The largest absolute Gasteiger partial charge is 0.338 e. The minimum atomic E-state index is 0.310. The van der Waals surface area contributed by atoms with Gasteiger partial charge in [-0.3, -0.25) is 4.79 Å². The lowest BCUT2D eigenvalue weighted by Gasteiger charge is -2.26. The zero-order valence-electron chi connectivity index (χ0n) is 8.45. The summed E-state index contributed by atoms with van der Waals surface area (Å²) in [5.74, 6) is 0.310. The molecule has 0 saturated carbocycles. The molecule has 2 heterocycles. The highest BCUT2D eigenvalue weighted by molar-refractivity contribution is 7.10. The number of hydrogen-bond acceptors (Lipinski definition) is 2. The van der Waals surface area contributed by atoms with E-state index in [1.165, 1.54) is 10.4 Å². The molecular weight excluding hydrogens is 194 g/mol. The molecule has 2 rings (SSSR count). The fraction of sp³-hybridized carbons (Fsp3) is 0.545. The second-order valence-corrected chi connectivity index (χ2v) is 4.68. The molecule has 1 aliphatic rings. The van der Waals surface area contributed by atoms with Crippen LogP contribution in [0.1, 0.15) is 30.2 Å². The maximum absolute atomic E-state index is 11.7. The van der Waals surface area contributed by atoms with Crippen molar-refractivity contribution in [3.05, 3.63) is 21.9 Å². The minimum absolute atomic E-state index is 0.310. The highest BCUT2D eigenvalue weighted by Gasteiger charge is 2.20. The smallest absolute Gasteiger partial charge is 0.222 e. The lowest BCUT2D eigenvalue weighted by atomic mass is 10.1. The summed E-state index contributed by atoms with van der Waals surface area (Å²) in [6.07, 6.45) is 2.69. The Morgan fingerprint density at radius 3 is 3.29 bits per heavy atom. The summed E-state index contributed by atoms with van der Waals surface area (Å²) in [7, 11) is 0. The Kier molecular flexibility index (Phi) is 2.87. The van der Waals surface area contributed by atoms with Gasteiger partial charge >= 0.3 is 0 Å². The van der Waals surface area contributed by atoms with Crippen molar-refractivity contribution in [2.45, 2.75) is 32.7 Å². The Bertz CT molecular complexity index is 332. The first kappa shape index (κ1) is 9.71. The zero-order valence-corrected chi connectivity index (χ0v) is 9.27. The second-order valence-electron chi connectivity index (χ2n) is 3.68. The Balaban J connectivity index is 2.04. The molecule has 14 heavy (non-hydrogen) atoms. The monoisotopic (exact) mass is 209 g/mol. The molecule has 0 unspecified atom stereocenters. The third-order valence-corrected chi connectivity index (χ3v) is 3.65. The molecule has 3 heteroatoms. The van der Waals surface area contributed by atoms with Gasteiger partial charge in [0.1, 0.15) is 0 Å². The standard InChI is InChI=1S/C11H15NOS/c1-2-3-11(13)12-6-4-10-9(8-12)5-7-14-10/h5,7H,2-4,6,8H2,1H3. The summed E-state index contributed by atoms with van der Waals surface area (Å²) >= 11 is 1.81. The molecule has 0 spiro atoms. The van der Waals surface area contributed by atoms with Crippen molar-refractivity contribution < 1.29 is 4.79 Å². The van der Waals surface area contributed by atoms with Crippen LogP contribution in [0.25, 0.3) is 0 Å². The van der Waals surface area contributed by atoms with Gasteiger partial charge in [0.25, 0.3) is 0 Å². The maximum atomic E-state index is 11.7. The van der Waals surface area contributed by atoms with Crippen molar-refractivity contribution in [1.82, 2.24) is 4.90 Å². The first-order chi connectivity index (χ1) is 6.81. The molecule has 0 atom stereocenters. The van der Waals surface area contributed by atoms with Crippen LogP contribution in [0.2, 0.25) is 0 Å². The zero-order chi connectivity index (χ0) is 9.97. The predicted octanol–water partition coefficient (Wildman–Crippen LogP) is 2.43. The maximum Gasteiger partial charge on any atom is 0.222 e. The van der Waals surface area contributed by atoms with E-state index in [0.29, 0.717) is 12.3 Å². The summed E-state index contributed by atoms with van der Waals surface area (Å²) < 4.78 is 0. The molecule has 0 saturated heterocycles. The number of fused-ring (bicyclic) bond motifs is 1. The van der Waals surface area contributed by atoms with Gasteiger partial charge in [0, 0.05) is 24.4 Å². The SMILES string of the molecule is CCCC(=O)N1CCc2sccc2C1. The van der Waals surface area contributed by atoms with Crippen LogP contribution in [-0.4, -0.2) is 17.4 Å². The van der Waals surface area contributed by atoms with Gasteiger partial charge in [-0.2, -0.15) is 0 Å². The van der Waals surface area contributed by atoms with Crippen LogP contribution < -0.4 is 0 Å². The third kappa shape index (κ3) is 1.82. The molecule has 0 bridgehead atoms. The molecule has 2 nitrogen and oxygen atoms in total. The van der Waals surface area contributed by atoms with Gasteiger partial charge in [0.15, 0.2) is 0 Å². The highest BCUT2D eigenvalue weighted by Crippen LogP contribution is 2.24. The topological polar surface area (TPSA) is 20.3 Å². The van der Waals surface area contributed by atoms with E-state index in [9.17, 15) is 4.79 Å². The summed E-state index contributed by atoms with van der Waals surface area (Å²) in [4.78, 5) is 15.1. The Morgan fingerprint density at radius 1 is 1.64 bits per heavy atom. The van der Waals surface area contributed by atoms with Crippen LogP contribution in [0.5, 0.6) is 0 Å². The molecule has 0 aliphatic carbocycles. The quantitative estimate of drug-likeness (QED) is 0.732. The van der Waals surface area contributed by atoms with Gasteiger partial charge in [-0.05, 0) is 29.9 Å². The van der Waals surface area contributed by atoms with Gasteiger partial charge in [0.2, 0.25) is 5.91 Å². The second kappa shape index (κ2) is 4.13. The van der Waals surface area contributed by atoms with Crippen LogP contribution in [-0.2, 0) is 17.8 Å². The lowest BCUT2D eigenvalue weighted by molar-refractivity contribution is -0.132. The number of carbonyl (C=O) groups excluding carboxylic acids is 1. The fourth-order valence-electron chi connectivity index (χ4n) is 1.83. The molecule has 0 N–H and O–H groups in total. The van der Waals surface area contributed by atoms with Crippen molar-refractivity contribution in [3.63, 3.8) is 0 Å². The van der Waals surface area contributed by atoms with E-state index in [2.05, 4.69) is 18.4 Å². The normalized spacial score (nSPS) is 15.4. The molecule has 76 valence electrons. The predicted molar refractivity (Wildman–Crippen MR) is 58.3 cm³/mol. The highest BCUT2D eigenvalue weighted by atomic mass is 32.1. The van der Waals surface area contributed by atoms with E-state index in [-0.39, 0.29) is 0 Å². The van der Waals surface area contributed by atoms with Gasteiger partial charge in [-0.1, -0.05) is 6.92 Å². The van der Waals surface area contributed by atoms with Crippen molar-refractivity contribution in [2.75, 3.05) is 6.54 Å². The van der Waals surface area contributed by atoms with Crippen molar-refractivity contribution in [1.29, 1.82) is 0 Å². The lowest BCUT2D eigenvalue weighted by Crippen LogP contribution is -2.35. The number of rotatable bonds is 2. The third-order valence-electron chi connectivity index (χ3n) is 2.62. The Labute approximate surface area is 88.5 Å². The van der Waals surface area contributed by atoms with E-state index in [1.54, 1.807) is 0 Å². The summed E-state index contributed by atoms with van der Waals surface area (Å²) in [6, 6.07) is 2.14. The number of nitrogens with zero attached hydrogens (tertiary/aromatic N) is 1. The minimum Gasteiger partial charge on any atom is -0.338 e. The molecule has 1 amide bonds. The first-order valence-corrected chi connectivity index (χ1v) is 6.02. The van der Waals surface area contributed by atoms with E-state index < -0.39 is 0 Å². The molecule has 1 aromatic rings.